The van der Waals surface area contributed by atoms with Gasteiger partial charge in [0.25, 0.3) is 0 Å². The Kier molecular flexibility index (Phi) is 4.04. The minimum absolute atomic E-state index is 0.00433. The zero-order valence-electron chi connectivity index (χ0n) is 9.48. The van der Waals surface area contributed by atoms with Gasteiger partial charge in [-0.25, -0.2) is 0 Å². The molecule has 17 heavy (non-hydrogen) atoms. The third-order valence-electron chi connectivity index (χ3n) is 2.19. The van der Waals surface area contributed by atoms with Crippen molar-refractivity contribution in [3.05, 3.63) is 33.8 Å². The number of halogens is 1. The number of aryl methyl sites for hydroxylation is 1. The monoisotopic (exact) mass is 285 g/mol. The second-order valence-electron chi connectivity index (χ2n) is 3.67. The Morgan fingerprint density at radius 2 is 2.18 bits per heavy atom. The van der Waals surface area contributed by atoms with Crippen molar-refractivity contribution in [2.45, 2.75) is 29.1 Å². The molecule has 0 aliphatic carbocycles. The summed E-state index contributed by atoms with van der Waals surface area (Å²) in [5, 5.41) is 9.69. The van der Waals surface area contributed by atoms with E-state index in [1.165, 1.54) is 11.8 Å². The number of hydrogen-bond acceptors (Lipinski definition) is 5. The molecule has 0 amide bonds. The SMILES string of the molecule is Cc1nnc(Sc2ccc([C@H](C)N)cc2Cl)s1. The predicted molar refractivity (Wildman–Crippen MR) is 72.8 cm³/mol. The number of aromatic nitrogens is 2. The number of hydrogen-bond donors (Lipinski definition) is 1. The van der Waals surface area contributed by atoms with Gasteiger partial charge in [-0.2, -0.15) is 0 Å². The molecule has 1 heterocycles. The molecule has 2 aromatic rings. The van der Waals surface area contributed by atoms with E-state index in [-0.39, 0.29) is 6.04 Å². The molecule has 2 N–H and O–H groups in total. The summed E-state index contributed by atoms with van der Waals surface area (Å²) in [6.07, 6.45) is 0. The van der Waals surface area contributed by atoms with Crippen molar-refractivity contribution >= 4 is 34.7 Å². The van der Waals surface area contributed by atoms with Gasteiger partial charge in [-0.1, -0.05) is 40.8 Å². The van der Waals surface area contributed by atoms with Crippen LogP contribution in [0, 0.1) is 6.92 Å². The fourth-order valence-electron chi connectivity index (χ4n) is 1.30. The summed E-state index contributed by atoms with van der Waals surface area (Å²) in [4.78, 5) is 0.979. The van der Waals surface area contributed by atoms with Crippen molar-refractivity contribution in [2.75, 3.05) is 0 Å². The molecule has 90 valence electrons. The lowest BCUT2D eigenvalue weighted by molar-refractivity contribution is 0.817. The van der Waals surface area contributed by atoms with E-state index in [0.29, 0.717) is 5.02 Å². The van der Waals surface area contributed by atoms with E-state index in [0.717, 1.165) is 19.8 Å². The van der Waals surface area contributed by atoms with Gasteiger partial charge in [-0.3, -0.25) is 0 Å². The first-order valence-corrected chi connectivity index (χ1v) is 7.10. The van der Waals surface area contributed by atoms with Crippen molar-refractivity contribution in [3.8, 4) is 0 Å². The average molecular weight is 286 g/mol. The van der Waals surface area contributed by atoms with Gasteiger partial charge < -0.3 is 5.73 Å². The molecule has 1 atom stereocenters. The molecule has 0 saturated heterocycles. The normalized spacial score (nSPS) is 12.7. The maximum atomic E-state index is 6.21. The van der Waals surface area contributed by atoms with E-state index >= 15 is 0 Å². The third kappa shape index (κ3) is 3.19. The summed E-state index contributed by atoms with van der Waals surface area (Å²) >= 11 is 9.30. The Morgan fingerprint density at radius 1 is 1.41 bits per heavy atom. The zero-order valence-corrected chi connectivity index (χ0v) is 11.9. The van der Waals surface area contributed by atoms with E-state index < -0.39 is 0 Å². The lowest BCUT2D eigenvalue weighted by Crippen LogP contribution is -2.04. The average Bonchev–Trinajstić information content (AvgIpc) is 2.67. The van der Waals surface area contributed by atoms with Crippen molar-refractivity contribution in [2.24, 2.45) is 5.73 Å². The second-order valence-corrected chi connectivity index (χ2v) is 6.55. The van der Waals surface area contributed by atoms with E-state index in [2.05, 4.69) is 10.2 Å². The van der Waals surface area contributed by atoms with Gasteiger partial charge in [0.2, 0.25) is 0 Å². The van der Waals surface area contributed by atoms with Crippen LogP contribution in [0.2, 0.25) is 5.02 Å². The molecule has 1 aromatic heterocycles. The van der Waals surface area contributed by atoms with Crippen LogP contribution in [0.4, 0.5) is 0 Å². The van der Waals surface area contributed by atoms with Crippen LogP contribution in [-0.2, 0) is 0 Å². The first kappa shape index (κ1) is 12.8. The maximum absolute atomic E-state index is 6.21. The van der Waals surface area contributed by atoms with Gasteiger partial charge in [0, 0.05) is 10.9 Å². The Bertz CT molecular complexity index is 525. The highest BCUT2D eigenvalue weighted by Crippen LogP contribution is 2.35. The summed E-state index contributed by atoms with van der Waals surface area (Å²) in [6.45, 7) is 3.87. The molecule has 0 radical (unpaired) electrons. The number of nitrogens with zero attached hydrogens (tertiary/aromatic N) is 2. The summed E-state index contributed by atoms with van der Waals surface area (Å²) < 4.78 is 0.901. The standard InChI is InChI=1S/C11H12ClN3S2/c1-6(13)8-3-4-10(9(12)5-8)17-11-15-14-7(2)16-11/h3-6H,13H2,1-2H3/t6-/m0/s1. The van der Waals surface area contributed by atoms with Crippen LogP contribution < -0.4 is 5.73 Å². The van der Waals surface area contributed by atoms with Gasteiger partial charge in [0.15, 0.2) is 4.34 Å². The minimum Gasteiger partial charge on any atom is -0.324 e. The Hall–Kier alpha value is -0.620. The molecule has 0 bridgehead atoms. The molecule has 0 unspecified atom stereocenters. The molecule has 0 saturated carbocycles. The van der Waals surface area contributed by atoms with Crippen LogP contribution in [-0.4, -0.2) is 10.2 Å². The topological polar surface area (TPSA) is 51.8 Å². The van der Waals surface area contributed by atoms with Crippen LogP contribution in [0.3, 0.4) is 0 Å². The van der Waals surface area contributed by atoms with Gasteiger partial charge >= 0.3 is 0 Å². The highest BCUT2D eigenvalue weighted by Gasteiger charge is 2.09. The Labute approximate surface area is 113 Å². The van der Waals surface area contributed by atoms with Crippen molar-refractivity contribution in [3.63, 3.8) is 0 Å². The summed E-state index contributed by atoms with van der Waals surface area (Å²) in [5.74, 6) is 0. The molecular weight excluding hydrogens is 274 g/mol. The van der Waals surface area contributed by atoms with Crippen molar-refractivity contribution in [1.29, 1.82) is 0 Å². The van der Waals surface area contributed by atoms with Gasteiger partial charge in [-0.05, 0) is 31.5 Å². The third-order valence-corrected chi connectivity index (χ3v) is 4.58. The van der Waals surface area contributed by atoms with Crippen LogP contribution in [0.25, 0.3) is 0 Å². The number of nitrogens with two attached hydrogens (primary N) is 1. The Balaban J connectivity index is 2.22. The summed E-state index contributed by atoms with van der Waals surface area (Å²) in [5.41, 5.74) is 6.84. The summed E-state index contributed by atoms with van der Waals surface area (Å²) in [7, 11) is 0. The van der Waals surface area contributed by atoms with E-state index in [1.807, 2.05) is 32.0 Å². The first-order valence-electron chi connectivity index (χ1n) is 5.09. The van der Waals surface area contributed by atoms with Crippen LogP contribution in [0.15, 0.2) is 27.4 Å². The molecule has 0 aliphatic rings. The predicted octanol–water partition coefficient (Wildman–Crippen LogP) is 3.67. The van der Waals surface area contributed by atoms with Crippen LogP contribution in [0.1, 0.15) is 23.5 Å². The van der Waals surface area contributed by atoms with Crippen LogP contribution in [0.5, 0.6) is 0 Å². The zero-order chi connectivity index (χ0) is 12.4. The van der Waals surface area contributed by atoms with E-state index in [4.69, 9.17) is 17.3 Å². The second kappa shape index (κ2) is 5.35. The molecule has 0 aliphatic heterocycles. The molecule has 3 nitrogen and oxygen atoms in total. The fraction of sp³-hybridized carbons (Fsp3) is 0.273. The first-order chi connectivity index (χ1) is 8.06. The Morgan fingerprint density at radius 3 is 2.71 bits per heavy atom. The highest BCUT2D eigenvalue weighted by molar-refractivity contribution is 8.01. The fourth-order valence-corrected chi connectivity index (χ4v) is 3.38. The van der Waals surface area contributed by atoms with Gasteiger partial charge in [0.05, 0.1) is 5.02 Å². The smallest absolute Gasteiger partial charge is 0.179 e. The summed E-state index contributed by atoms with van der Waals surface area (Å²) in [6, 6.07) is 5.87. The molecule has 2 rings (SSSR count). The van der Waals surface area contributed by atoms with Gasteiger partial charge in [0.1, 0.15) is 5.01 Å². The maximum Gasteiger partial charge on any atom is 0.179 e. The molecule has 6 heteroatoms. The minimum atomic E-state index is -0.00433. The lowest BCUT2D eigenvalue weighted by atomic mass is 10.1. The van der Waals surface area contributed by atoms with E-state index in [1.54, 1.807) is 11.3 Å². The molecule has 1 aromatic carbocycles. The van der Waals surface area contributed by atoms with Crippen molar-refractivity contribution in [1.82, 2.24) is 10.2 Å². The molecular formula is C11H12ClN3S2. The molecule has 0 spiro atoms. The van der Waals surface area contributed by atoms with Crippen LogP contribution >= 0.6 is 34.7 Å². The van der Waals surface area contributed by atoms with Gasteiger partial charge in [-0.15, -0.1) is 10.2 Å². The molecule has 0 fully saturated rings. The lowest BCUT2D eigenvalue weighted by Gasteiger charge is -2.08. The van der Waals surface area contributed by atoms with Crippen molar-refractivity contribution < 1.29 is 0 Å². The quantitative estimate of drug-likeness (QED) is 0.935. The largest absolute Gasteiger partial charge is 0.324 e. The number of benzene rings is 1. The van der Waals surface area contributed by atoms with E-state index in [9.17, 15) is 0 Å². The highest BCUT2D eigenvalue weighted by atomic mass is 35.5. The number of rotatable bonds is 3.